The first-order chi connectivity index (χ1) is 8.10. The number of ether oxygens (including phenoxy) is 2. The molecule has 0 radical (unpaired) electrons. The van der Waals surface area contributed by atoms with Crippen molar-refractivity contribution in [2.45, 2.75) is 26.0 Å². The molecule has 0 aliphatic carbocycles. The van der Waals surface area contributed by atoms with Crippen LogP contribution in [0.15, 0.2) is 24.3 Å². The molecule has 1 unspecified atom stereocenters. The standard InChI is InChI=1S/C13H19NO3/c1-9(14-13(15)10(2)16-3)11-7-5-6-8-12(11)17-4/h5-10H,1-4H3,(H,14,15)/t9-,10?/m1/s1. The van der Waals surface area contributed by atoms with Gasteiger partial charge in [-0.05, 0) is 19.9 Å². The summed E-state index contributed by atoms with van der Waals surface area (Å²) >= 11 is 0. The van der Waals surface area contributed by atoms with Gasteiger partial charge in [-0.1, -0.05) is 18.2 Å². The molecule has 0 aliphatic heterocycles. The highest BCUT2D eigenvalue weighted by atomic mass is 16.5. The lowest BCUT2D eigenvalue weighted by Crippen LogP contribution is -2.35. The minimum absolute atomic E-state index is 0.115. The number of carbonyl (C=O) groups is 1. The van der Waals surface area contributed by atoms with Crippen LogP contribution in [0.4, 0.5) is 0 Å². The molecule has 0 heterocycles. The van der Waals surface area contributed by atoms with Crippen LogP contribution in [0.25, 0.3) is 0 Å². The Kier molecular flexibility index (Phi) is 4.97. The van der Waals surface area contributed by atoms with Crippen molar-refractivity contribution >= 4 is 5.91 Å². The molecule has 4 heteroatoms. The molecule has 1 rings (SSSR count). The van der Waals surface area contributed by atoms with E-state index in [4.69, 9.17) is 9.47 Å². The van der Waals surface area contributed by atoms with E-state index in [-0.39, 0.29) is 11.9 Å². The van der Waals surface area contributed by atoms with E-state index in [1.54, 1.807) is 14.0 Å². The van der Waals surface area contributed by atoms with Crippen LogP contribution in [-0.2, 0) is 9.53 Å². The number of hydrogen-bond acceptors (Lipinski definition) is 3. The lowest BCUT2D eigenvalue weighted by Gasteiger charge is -2.19. The molecular weight excluding hydrogens is 218 g/mol. The number of rotatable bonds is 5. The average molecular weight is 237 g/mol. The largest absolute Gasteiger partial charge is 0.496 e. The van der Waals surface area contributed by atoms with Gasteiger partial charge in [0, 0.05) is 12.7 Å². The third-order valence-electron chi connectivity index (χ3n) is 2.69. The number of hydrogen-bond donors (Lipinski definition) is 1. The van der Waals surface area contributed by atoms with E-state index in [1.165, 1.54) is 7.11 Å². The topological polar surface area (TPSA) is 47.6 Å². The van der Waals surface area contributed by atoms with Crippen LogP contribution in [0.1, 0.15) is 25.5 Å². The van der Waals surface area contributed by atoms with Crippen LogP contribution in [0.5, 0.6) is 5.75 Å². The van der Waals surface area contributed by atoms with Gasteiger partial charge in [0.15, 0.2) is 0 Å². The summed E-state index contributed by atoms with van der Waals surface area (Å²) in [4.78, 5) is 11.7. The van der Waals surface area contributed by atoms with Gasteiger partial charge >= 0.3 is 0 Å². The van der Waals surface area contributed by atoms with Gasteiger partial charge in [-0.25, -0.2) is 0 Å². The average Bonchev–Trinajstić information content (AvgIpc) is 2.37. The van der Waals surface area contributed by atoms with Crippen molar-refractivity contribution in [1.82, 2.24) is 5.32 Å². The van der Waals surface area contributed by atoms with Crippen LogP contribution in [0, 0.1) is 0 Å². The van der Waals surface area contributed by atoms with E-state index in [0.29, 0.717) is 0 Å². The van der Waals surface area contributed by atoms with Crippen molar-refractivity contribution in [3.05, 3.63) is 29.8 Å². The quantitative estimate of drug-likeness (QED) is 0.851. The molecule has 0 bridgehead atoms. The fourth-order valence-corrected chi connectivity index (χ4v) is 1.54. The molecule has 1 N–H and O–H groups in total. The number of amides is 1. The smallest absolute Gasteiger partial charge is 0.249 e. The molecule has 0 aliphatic rings. The summed E-state index contributed by atoms with van der Waals surface area (Å²) in [5, 5.41) is 2.88. The number of nitrogens with one attached hydrogen (secondary N) is 1. The molecule has 0 spiro atoms. The maximum atomic E-state index is 11.7. The monoisotopic (exact) mass is 237 g/mol. The van der Waals surface area contributed by atoms with Crippen molar-refractivity contribution in [3.63, 3.8) is 0 Å². The first-order valence-corrected chi connectivity index (χ1v) is 5.56. The third-order valence-corrected chi connectivity index (χ3v) is 2.69. The molecular formula is C13H19NO3. The van der Waals surface area contributed by atoms with Crippen molar-refractivity contribution in [1.29, 1.82) is 0 Å². The molecule has 2 atom stereocenters. The summed E-state index contributed by atoms with van der Waals surface area (Å²) < 4.78 is 10.2. The van der Waals surface area contributed by atoms with Gasteiger partial charge in [-0.15, -0.1) is 0 Å². The summed E-state index contributed by atoms with van der Waals surface area (Å²) in [6.07, 6.45) is -0.452. The van der Waals surface area contributed by atoms with Crippen LogP contribution < -0.4 is 10.1 Å². The Labute approximate surface area is 102 Å². The Balaban J connectivity index is 2.76. The molecule has 0 aromatic heterocycles. The lowest BCUT2D eigenvalue weighted by atomic mass is 10.1. The number of benzene rings is 1. The molecule has 0 saturated carbocycles. The summed E-state index contributed by atoms with van der Waals surface area (Å²) in [7, 11) is 3.13. The zero-order valence-corrected chi connectivity index (χ0v) is 10.7. The predicted octanol–water partition coefficient (Wildman–Crippen LogP) is 1.91. The Bertz CT molecular complexity index is 379. The fourth-order valence-electron chi connectivity index (χ4n) is 1.54. The van der Waals surface area contributed by atoms with E-state index in [2.05, 4.69) is 5.32 Å². The maximum Gasteiger partial charge on any atom is 0.249 e. The van der Waals surface area contributed by atoms with E-state index in [0.717, 1.165) is 11.3 Å². The van der Waals surface area contributed by atoms with Crippen LogP contribution >= 0.6 is 0 Å². The van der Waals surface area contributed by atoms with Crippen molar-refractivity contribution in [3.8, 4) is 5.75 Å². The highest BCUT2D eigenvalue weighted by Gasteiger charge is 2.17. The highest BCUT2D eigenvalue weighted by molar-refractivity contribution is 5.80. The summed E-state index contributed by atoms with van der Waals surface area (Å²) in [5.41, 5.74) is 0.951. The van der Waals surface area contributed by atoms with Crippen LogP contribution in [0.3, 0.4) is 0 Å². The normalized spacial score (nSPS) is 13.9. The summed E-state index contributed by atoms with van der Waals surface area (Å²) in [6.45, 7) is 3.63. The van der Waals surface area contributed by atoms with E-state index >= 15 is 0 Å². The van der Waals surface area contributed by atoms with E-state index < -0.39 is 6.10 Å². The Morgan fingerprint density at radius 2 is 1.88 bits per heavy atom. The van der Waals surface area contributed by atoms with Gasteiger partial charge in [0.2, 0.25) is 5.91 Å². The van der Waals surface area contributed by atoms with Gasteiger partial charge in [0.1, 0.15) is 11.9 Å². The molecule has 0 saturated heterocycles. The second-order valence-electron chi connectivity index (χ2n) is 3.85. The first kappa shape index (κ1) is 13.5. The maximum absolute atomic E-state index is 11.7. The van der Waals surface area contributed by atoms with Gasteiger partial charge in [0.05, 0.1) is 13.2 Å². The molecule has 17 heavy (non-hydrogen) atoms. The Morgan fingerprint density at radius 1 is 1.24 bits per heavy atom. The zero-order valence-electron chi connectivity index (χ0n) is 10.7. The summed E-state index contributed by atoms with van der Waals surface area (Å²) in [5.74, 6) is 0.635. The lowest BCUT2D eigenvalue weighted by molar-refractivity contribution is -0.130. The molecule has 0 fully saturated rings. The second kappa shape index (κ2) is 6.25. The minimum atomic E-state index is -0.452. The van der Waals surface area contributed by atoms with Crippen molar-refractivity contribution < 1.29 is 14.3 Å². The van der Waals surface area contributed by atoms with Gasteiger partial charge < -0.3 is 14.8 Å². The second-order valence-corrected chi connectivity index (χ2v) is 3.85. The van der Waals surface area contributed by atoms with Crippen molar-refractivity contribution in [2.75, 3.05) is 14.2 Å². The Morgan fingerprint density at radius 3 is 2.47 bits per heavy atom. The van der Waals surface area contributed by atoms with Gasteiger partial charge in [0.25, 0.3) is 0 Å². The first-order valence-electron chi connectivity index (χ1n) is 5.56. The van der Waals surface area contributed by atoms with Crippen molar-refractivity contribution in [2.24, 2.45) is 0 Å². The van der Waals surface area contributed by atoms with Crippen LogP contribution in [0.2, 0.25) is 0 Å². The van der Waals surface area contributed by atoms with Crippen LogP contribution in [-0.4, -0.2) is 26.2 Å². The fraction of sp³-hybridized carbons (Fsp3) is 0.462. The minimum Gasteiger partial charge on any atom is -0.496 e. The molecule has 4 nitrogen and oxygen atoms in total. The number of para-hydroxylation sites is 1. The molecule has 1 amide bonds. The van der Waals surface area contributed by atoms with Gasteiger partial charge in [-0.3, -0.25) is 4.79 Å². The van der Waals surface area contributed by atoms with Gasteiger partial charge in [-0.2, -0.15) is 0 Å². The third kappa shape index (κ3) is 3.46. The molecule has 1 aromatic carbocycles. The Hall–Kier alpha value is -1.55. The number of carbonyl (C=O) groups excluding carboxylic acids is 1. The SMILES string of the molecule is COc1ccccc1[C@@H](C)NC(=O)C(C)OC. The zero-order chi connectivity index (χ0) is 12.8. The predicted molar refractivity (Wildman–Crippen MR) is 66.0 cm³/mol. The number of methoxy groups -OCH3 is 2. The molecule has 1 aromatic rings. The highest BCUT2D eigenvalue weighted by Crippen LogP contribution is 2.24. The molecule has 94 valence electrons. The van der Waals surface area contributed by atoms with E-state index in [1.807, 2.05) is 31.2 Å². The van der Waals surface area contributed by atoms with E-state index in [9.17, 15) is 4.79 Å². The summed E-state index contributed by atoms with van der Waals surface area (Å²) in [6, 6.07) is 7.50.